The molecule has 0 radical (unpaired) electrons. The summed E-state index contributed by atoms with van der Waals surface area (Å²) in [6, 6.07) is -0.298. The largest absolute Gasteiger partial charge is 0.481 e. The van der Waals surface area contributed by atoms with Gasteiger partial charge in [0.2, 0.25) is 5.91 Å². The summed E-state index contributed by atoms with van der Waals surface area (Å²) in [5.74, 6) is -0.621. The first-order valence-corrected chi connectivity index (χ1v) is 7.71. The number of nitrogens with one attached hydrogen (secondary N) is 2. The topological polar surface area (TPSA) is 95.5 Å². The molecule has 0 aromatic rings. The van der Waals surface area contributed by atoms with Crippen LogP contribution in [0, 0.1) is 11.3 Å². The molecular weight excluding hydrogens is 272 g/mol. The smallest absolute Gasteiger partial charge is 0.321 e. The standard InChI is InChI=1S/C15H24N2O4/c1-10-6-11(7-10)16-14(21)17-12(18)8-15(9-13(19)20)4-2-3-5-15/h10-11H,2-9H2,1H3,(H,19,20)(H2,16,17,18,21). The molecule has 3 amide bonds. The average Bonchev–Trinajstić information content (AvgIpc) is 2.73. The highest BCUT2D eigenvalue weighted by molar-refractivity contribution is 5.94. The third-order valence-electron chi connectivity index (χ3n) is 4.69. The maximum atomic E-state index is 12.0. The minimum absolute atomic E-state index is 0.00216. The number of carboxylic acids is 1. The normalized spacial score (nSPS) is 26.7. The Labute approximate surface area is 124 Å². The summed E-state index contributed by atoms with van der Waals surface area (Å²) in [7, 11) is 0. The monoisotopic (exact) mass is 296 g/mol. The van der Waals surface area contributed by atoms with E-state index >= 15 is 0 Å². The van der Waals surface area contributed by atoms with Crippen LogP contribution in [-0.4, -0.2) is 29.1 Å². The van der Waals surface area contributed by atoms with E-state index in [1.165, 1.54) is 0 Å². The number of carboxylic acid groups (broad SMARTS) is 1. The molecule has 0 saturated heterocycles. The number of amides is 3. The Hall–Kier alpha value is -1.59. The van der Waals surface area contributed by atoms with E-state index in [-0.39, 0.29) is 24.8 Å². The van der Waals surface area contributed by atoms with Gasteiger partial charge >= 0.3 is 12.0 Å². The van der Waals surface area contributed by atoms with Gasteiger partial charge in [-0.25, -0.2) is 4.79 Å². The van der Waals surface area contributed by atoms with Crippen molar-refractivity contribution in [1.82, 2.24) is 10.6 Å². The molecule has 0 aromatic heterocycles. The number of carbonyl (C=O) groups excluding carboxylic acids is 2. The van der Waals surface area contributed by atoms with Crippen LogP contribution >= 0.6 is 0 Å². The SMILES string of the molecule is CC1CC(NC(=O)NC(=O)CC2(CC(=O)O)CCCC2)C1. The number of hydrogen-bond donors (Lipinski definition) is 3. The number of rotatable bonds is 5. The van der Waals surface area contributed by atoms with Crippen molar-refractivity contribution >= 4 is 17.9 Å². The number of carbonyl (C=O) groups is 3. The molecule has 6 heteroatoms. The van der Waals surface area contributed by atoms with Crippen LogP contribution in [0.5, 0.6) is 0 Å². The lowest BCUT2D eigenvalue weighted by Crippen LogP contribution is -2.49. The molecule has 2 aliphatic carbocycles. The molecule has 3 N–H and O–H groups in total. The van der Waals surface area contributed by atoms with Crippen molar-refractivity contribution in [1.29, 1.82) is 0 Å². The molecule has 0 unspecified atom stereocenters. The van der Waals surface area contributed by atoms with Crippen molar-refractivity contribution in [2.24, 2.45) is 11.3 Å². The molecule has 0 aromatic carbocycles. The quantitative estimate of drug-likeness (QED) is 0.723. The van der Waals surface area contributed by atoms with Gasteiger partial charge in [0.1, 0.15) is 0 Å². The Bertz CT molecular complexity index is 423. The van der Waals surface area contributed by atoms with Gasteiger partial charge in [0.05, 0.1) is 6.42 Å². The third kappa shape index (κ3) is 4.44. The molecule has 21 heavy (non-hydrogen) atoms. The second kappa shape index (κ2) is 6.45. The van der Waals surface area contributed by atoms with Crippen LogP contribution in [0.15, 0.2) is 0 Å². The minimum Gasteiger partial charge on any atom is -0.481 e. The Balaban J connectivity index is 1.79. The van der Waals surface area contributed by atoms with Gasteiger partial charge in [-0.05, 0) is 37.0 Å². The van der Waals surface area contributed by atoms with E-state index in [2.05, 4.69) is 17.6 Å². The van der Waals surface area contributed by atoms with E-state index in [9.17, 15) is 14.4 Å². The summed E-state index contributed by atoms with van der Waals surface area (Å²) in [5, 5.41) is 14.1. The van der Waals surface area contributed by atoms with Gasteiger partial charge in [0.15, 0.2) is 0 Å². The Kier molecular flexibility index (Phi) is 4.85. The van der Waals surface area contributed by atoms with Gasteiger partial charge in [-0.15, -0.1) is 0 Å². The third-order valence-corrected chi connectivity index (χ3v) is 4.69. The Morgan fingerprint density at radius 2 is 1.76 bits per heavy atom. The van der Waals surface area contributed by atoms with E-state index in [4.69, 9.17) is 5.11 Å². The highest BCUT2D eigenvalue weighted by atomic mass is 16.4. The lowest BCUT2D eigenvalue weighted by atomic mass is 9.79. The van der Waals surface area contributed by atoms with Crippen LogP contribution in [0.3, 0.4) is 0 Å². The first-order chi connectivity index (χ1) is 9.88. The fourth-order valence-electron chi connectivity index (χ4n) is 3.61. The minimum atomic E-state index is -0.877. The van der Waals surface area contributed by atoms with Gasteiger partial charge in [-0.1, -0.05) is 19.8 Å². The average molecular weight is 296 g/mol. The van der Waals surface area contributed by atoms with Crippen LogP contribution in [0.25, 0.3) is 0 Å². The van der Waals surface area contributed by atoms with E-state index in [1.807, 2.05) is 0 Å². The predicted molar refractivity (Wildman–Crippen MR) is 76.6 cm³/mol. The van der Waals surface area contributed by atoms with Crippen LogP contribution in [0.2, 0.25) is 0 Å². The summed E-state index contributed by atoms with van der Waals surface area (Å²) >= 11 is 0. The zero-order valence-corrected chi connectivity index (χ0v) is 12.5. The molecule has 6 nitrogen and oxygen atoms in total. The summed E-state index contributed by atoms with van der Waals surface area (Å²) in [4.78, 5) is 34.7. The van der Waals surface area contributed by atoms with Crippen molar-refractivity contribution in [2.45, 2.75) is 64.3 Å². The molecular formula is C15H24N2O4. The molecule has 0 aliphatic heterocycles. The molecule has 0 heterocycles. The van der Waals surface area contributed by atoms with Crippen LogP contribution in [-0.2, 0) is 9.59 Å². The number of imide groups is 1. The molecule has 2 fully saturated rings. The van der Waals surface area contributed by atoms with Crippen molar-refractivity contribution in [3.8, 4) is 0 Å². The number of hydrogen-bond acceptors (Lipinski definition) is 3. The molecule has 0 atom stereocenters. The Morgan fingerprint density at radius 3 is 2.29 bits per heavy atom. The maximum absolute atomic E-state index is 12.0. The highest BCUT2D eigenvalue weighted by Gasteiger charge is 2.38. The van der Waals surface area contributed by atoms with Crippen LogP contribution in [0.4, 0.5) is 4.79 Å². The molecule has 118 valence electrons. The van der Waals surface area contributed by atoms with E-state index < -0.39 is 17.4 Å². The fourth-order valence-corrected chi connectivity index (χ4v) is 3.61. The number of urea groups is 1. The summed E-state index contributed by atoms with van der Waals surface area (Å²) in [5.41, 5.74) is -0.471. The first kappa shape index (κ1) is 15.8. The van der Waals surface area contributed by atoms with Gasteiger partial charge < -0.3 is 10.4 Å². The summed E-state index contributed by atoms with van der Waals surface area (Å²) in [6.45, 7) is 2.12. The second-order valence-corrected chi connectivity index (χ2v) is 6.75. The summed E-state index contributed by atoms with van der Waals surface area (Å²) in [6.07, 6.45) is 5.41. The van der Waals surface area contributed by atoms with Gasteiger partial charge in [0.25, 0.3) is 0 Å². The van der Waals surface area contributed by atoms with Crippen molar-refractivity contribution in [2.75, 3.05) is 0 Å². The van der Waals surface area contributed by atoms with E-state index in [0.717, 1.165) is 38.5 Å². The maximum Gasteiger partial charge on any atom is 0.321 e. The van der Waals surface area contributed by atoms with Crippen LogP contribution < -0.4 is 10.6 Å². The lowest BCUT2D eigenvalue weighted by Gasteiger charge is -2.33. The van der Waals surface area contributed by atoms with Crippen molar-refractivity contribution < 1.29 is 19.5 Å². The van der Waals surface area contributed by atoms with Crippen molar-refractivity contribution in [3.05, 3.63) is 0 Å². The van der Waals surface area contributed by atoms with Gasteiger partial charge in [-0.3, -0.25) is 14.9 Å². The number of aliphatic carboxylic acids is 1. The van der Waals surface area contributed by atoms with Gasteiger partial charge in [-0.2, -0.15) is 0 Å². The Morgan fingerprint density at radius 1 is 1.14 bits per heavy atom. The highest BCUT2D eigenvalue weighted by Crippen LogP contribution is 2.44. The van der Waals surface area contributed by atoms with Crippen LogP contribution in [0.1, 0.15) is 58.3 Å². The molecule has 0 spiro atoms. The molecule has 2 rings (SSSR count). The lowest BCUT2D eigenvalue weighted by molar-refractivity contribution is -0.140. The molecule has 0 bridgehead atoms. The first-order valence-electron chi connectivity index (χ1n) is 7.71. The van der Waals surface area contributed by atoms with E-state index in [1.54, 1.807) is 0 Å². The zero-order valence-electron chi connectivity index (χ0n) is 12.5. The fraction of sp³-hybridized carbons (Fsp3) is 0.800. The predicted octanol–water partition coefficient (Wildman–Crippen LogP) is 2.04. The van der Waals surface area contributed by atoms with E-state index in [0.29, 0.717) is 5.92 Å². The second-order valence-electron chi connectivity index (χ2n) is 6.75. The van der Waals surface area contributed by atoms with Gasteiger partial charge in [0, 0.05) is 12.5 Å². The molecule has 2 saturated carbocycles. The van der Waals surface area contributed by atoms with Crippen molar-refractivity contribution in [3.63, 3.8) is 0 Å². The molecule has 2 aliphatic rings. The summed E-state index contributed by atoms with van der Waals surface area (Å²) < 4.78 is 0. The zero-order chi connectivity index (χ0) is 15.5.